The summed E-state index contributed by atoms with van der Waals surface area (Å²) in [6.45, 7) is 6.52. The lowest BCUT2D eigenvalue weighted by Gasteiger charge is -2.40. The number of fused-ring (bicyclic) bond motifs is 1. The van der Waals surface area contributed by atoms with Crippen molar-refractivity contribution in [3.8, 4) is 0 Å². The molecule has 0 amide bonds. The average Bonchev–Trinajstić information content (AvgIpc) is 3.38. The first-order valence-corrected chi connectivity index (χ1v) is 13.7. The number of nitrogens with zero attached hydrogens (tertiary/aromatic N) is 3. The Balaban J connectivity index is 0.00000289. The van der Waals surface area contributed by atoms with Crippen LogP contribution in [0.15, 0.2) is 35.4 Å². The summed E-state index contributed by atoms with van der Waals surface area (Å²) < 4.78 is 28.5. The summed E-state index contributed by atoms with van der Waals surface area (Å²) in [7, 11) is -3.24. The summed E-state index contributed by atoms with van der Waals surface area (Å²) in [4.78, 5) is 21.0. The van der Waals surface area contributed by atoms with E-state index in [4.69, 9.17) is 4.74 Å². The van der Waals surface area contributed by atoms with Crippen LogP contribution in [0.5, 0.6) is 0 Å². The number of halogens is 1. The third-order valence-corrected chi connectivity index (χ3v) is 8.91. The number of aromatic nitrogens is 1. The van der Waals surface area contributed by atoms with E-state index in [1.54, 1.807) is 18.2 Å². The summed E-state index contributed by atoms with van der Waals surface area (Å²) in [5.41, 5.74) is 3.57. The van der Waals surface area contributed by atoms with E-state index >= 15 is 0 Å². The number of cyclic esters (lactones) is 1. The second-order valence-electron chi connectivity index (χ2n) is 9.99. The third kappa shape index (κ3) is 5.05. The van der Waals surface area contributed by atoms with Crippen molar-refractivity contribution < 1.29 is 23.1 Å². The fourth-order valence-electron chi connectivity index (χ4n) is 5.65. The fraction of sp³-hybridized carbons (Fsp3) is 0.520. The number of likely N-dealkylation sites (tertiary alicyclic amines) is 1. The Bertz CT molecular complexity index is 1210. The number of ether oxygens (including phenoxy) is 1. The van der Waals surface area contributed by atoms with Gasteiger partial charge in [0.05, 0.1) is 16.6 Å². The average molecular weight is 522 g/mol. The molecule has 35 heavy (non-hydrogen) atoms. The zero-order valence-electron chi connectivity index (χ0n) is 20.1. The lowest BCUT2D eigenvalue weighted by Crippen LogP contribution is -2.42. The Morgan fingerprint density at radius 1 is 1.14 bits per heavy atom. The number of rotatable bonds is 5. The van der Waals surface area contributed by atoms with Gasteiger partial charge in [-0.3, -0.25) is 4.90 Å². The quantitative estimate of drug-likeness (QED) is 0.599. The minimum atomic E-state index is -3.24. The van der Waals surface area contributed by atoms with Gasteiger partial charge in [-0.05, 0) is 67.5 Å². The van der Waals surface area contributed by atoms with Crippen LogP contribution in [0.2, 0.25) is 0 Å². The SMILES string of the molecule is Cc1c([C@@H](O)CN2CCC3(CCN(c4ccc(S(C)(=O)=O)cn4)CC3)C2)ccc2c1COC2=O.Cl. The molecule has 4 heterocycles. The van der Waals surface area contributed by atoms with Gasteiger partial charge in [0.25, 0.3) is 0 Å². The van der Waals surface area contributed by atoms with Crippen molar-refractivity contribution in [1.82, 2.24) is 9.88 Å². The molecule has 2 aromatic rings. The molecule has 1 aromatic heterocycles. The molecule has 0 saturated carbocycles. The van der Waals surface area contributed by atoms with Crippen LogP contribution in [0.1, 0.15) is 52.4 Å². The number of β-amino-alcohol motifs (C(OH)–C–C–N with tert-alkyl or cyclic N) is 1. The molecule has 8 nitrogen and oxygen atoms in total. The molecule has 5 rings (SSSR count). The number of benzene rings is 1. The van der Waals surface area contributed by atoms with E-state index in [9.17, 15) is 18.3 Å². The molecule has 10 heteroatoms. The van der Waals surface area contributed by atoms with Gasteiger partial charge in [-0.25, -0.2) is 18.2 Å². The van der Waals surface area contributed by atoms with Crippen molar-refractivity contribution >= 4 is 34.0 Å². The molecule has 1 N–H and O–H groups in total. The molecular weight excluding hydrogens is 490 g/mol. The Morgan fingerprint density at radius 2 is 1.86 bits per heavy atom. The highest BCUT2D eigenvalue weighted by atomic mass is 35.5. The molecule has 1 atom stereocenters. The van der Waals surface area contributed by atoms with E-state index in [0.29, 0.717) is 12.1 Å². The molecule has 1 aromatic carbocycles. The molecule has 1 spiro atoms. The van der Waals surface area contributed by atoms with Crippen molar-refractivity contribution in [3.63, 3.8) is 0 Å². The number of pyridine rings is 1. The zero-order valence-corrected chi connectivity index (χ0v) is 21.7. The maximum absolute atomic E-state index is 11.8. The first kappa shape index (κ1) is 25.9. The van der Waals surface area contributed by atoms with E-state index in [2.05, 4.69) is 14.8 Å². The van der Waals surface area contributed by atoms with Crippen LogP contribution in [0.25, 0.3) is 0 Å². The number of aliphatic hydroxyl groups excluding tert-OH is 1. The van der Waals surface area contributed by atoms with Crippen LogP contribution < -0.4 is 4.90 Å². The number of carbonyl (C=O) groups excluding carboxylic acids is 1. The second kappa shape index (κ2) is 9.69. The van der Waals surface area contributed by atoms with E-state index in [1.165, 1.54) is 12.5 Å². The predicted molar refractivity (Wildman–Crippen MR) is 135 cm³/mol. The number of aliphatic hydroxyl groups is 1. The van der Waals surface area contributed by atoms with Crippen molar-refractivity contribution in [2.24, 2.45) is 5.41 Å². The van der Waals surface area contributed by atoms with Gasteiger partial charge in [0.2, 0.25) is 0 Å². The number of piperidine rings is 1. The van der Waals surface area contributed by atoms with Gasteiger partial charge in [-0.2, -0.15) is 0 Å². The van der Waals surface area contributed by atoms with E-state index in [1.807, 2.05) is 13.0 Å². The molecular formula is C25H32ClN3O5S. The van der Waals surface area contributed by atoms with Gasteiger partial charge < -0.3 is 14.7 Å². The van der Waals surface area contributed by atoms with Crippen LogP contribution in [0, 0.1) is 12.3 Å². The van der Waals surface area contributed by atoms with Gasteiger partial charge in [0.15, 0.2) is 9.84 Å². The molecule has 190 valence electrons. The van der Waals surface area contributed by atoms with Gasteiger partial charge in [0, 0.05) is 44.2 Å². The number of carbonyl (C=O) groups is 1. The zero-order chi connectivity index (χ0) is 24.1. The molecule has 3 aliphatic heterocycles. The van der Waals surface area contributed by atoms with E-state index in [0.717, 1.165) is 67.9 Å². The van der Waals surface area contributed by atoms with Gasteiger partial charge in [-0.1, -0.05) is 6.07 Å². The largest absolute Gasteiger partial charge is 0.457 e. The molecule has 0 unspecified atom stereocenters. The number of sulfone groups is 1. The highest BCUT2D eigenvalue weighted by molar-refractivity contribution is 7.90. The molecule has 0 aliphatic carbocycles. The maximum Gasteiger partial charge on any atom is 0.338 e. The van der Waals surface area contributed by atoms with Crippen molar-refractivity contribution in [3.05, 3.63) is 52.7 Å². The monoisotopic (exact) mass is 521 g/mol. The maximum atomic E-state index is 11.8. The summed E-state index contributed by atoms with van der Waals surface area (Å²) >= 11 is 0. The smallest absolute Gasteiger partial charge is 0.338 e. The van der Waals surface area contributed by atoms with Gasteiger partial charge in [0.1, 0.15) is 12.4 Å². The predicted octanol–water partition coefficient (Wildman–Crippen LogP) is 2.91. The Morgan fingerprint density at radius 3 is 2.51 bits per heavy atom. The normalized spacial score (nSPS) is 20.4. The van der Waals surface area contributed by atoms with E-state index in [-0.39, 0.29) is 35.3 Å². The van der Waals surface area contributed by atoms with Crippen LogP contribution in [-0.2, 0) is 21.2 Å². The van der Waals surface area contributed by atoms with Gasteiger partial charge in [-0.15, -0.1) is 12.4 Å². The molecule has 2 saturated heterocycles. The van der Waals surface area contributed by atoms with Gasteiger partial charge >= 0.3 is 5.97 Å². The summed E-state index contributed by atoms with van der Waals surface area (Å²) in [6.07, 6.45) is 5.24. The first-order valence-electron chi connectivity index (χ1n) is 11.8. The van der Waals surface area contributed by atoms with Crippen LogP contribution in [0.3, 0.4) is 0 Å². The van der Waals surface area contributed by atoms with Crippen LogP contribution in [0.4, 0.5) is 5.82 Å². The number of hydrogen-bond acceptors (Lipinski definition) is 8. The third-order valence-electron chi connectivity index (χ3n) is 7.81. The van der Waals surface area contributed by atoms with Crippen molar-refractivity contribution in [2.75, 3.05) is 43.9 Å². The number of anilines is 1. The Labute approximate surface area is 212 Å². The lowest BCUT2D eigenvalue weighted by atomic mass is 9.78. The fourth-order valence-corrected chi connectivity index (χ4v) is 6.21. The molecule has 0 radical (unpaired) electrons. The van der Waals surface area contributed by atoms with Crippen LogP contribution >= 0.6 is 12.4 Å². The Hall–Kier alpha value is -2.20. The molecule has 0 bridgehead atoms. The molecule has 3 aliphatic rings. The van der Waals surface area contributed by atoms with Crippen LogP contribution in [-0.4, -0.2) is 68.4 Å². The highest BCUT2D eigenvalue weighted by Crippen LogP contribution is 2.42. The Kier molecular flexibility index (Phi) is 7.16. The van der Waals surface area contributed by atoms with E-state index < -0.39 is 15.9 Å². The van der Waals surface area contributed by atoms with Crippen molar-refractivity contribution in [2.45, 2.75) is 43.8 Å². The highest BCUT2D eigenvalue weighted by Gasteiger charge is 2.41. The standard InChI is InChI=1S/C25H31N3O5S.ClH/c1-17-19(4-5-20-21(17)15-33-24(20)30)22(29)14-27-10-7-25(16-27)8-11-28(12-9-25)23-6-3-18(13-26-23)34(2,31)32;/h3-6,13,22,29H,7-12,14-16H2,1-2H3;1H/t22-;/m0./s1. The summed E-state index contributed by atoms with van der Waals surface area (Å²) in [5.74, 6) is 0.538. The number of hydrogen-bond donors (Lipinski definition) is 1. The lowest BCUT2D eigenvalue weighted by molar-refractivity contribution is 0.0535. The minimum absolute atomic E-state index is 0. The molecule has 2 fully saturated rings. The first-order chi connectivity index (χ1) is 16.2. The number of esters is 1. The van der Waals surface area contributed by atoms with Crippen molar-refractivity contribution in [1.29, 1.82) is 0 Å². The summed E-state index contributed by atoms with van der Waals surface area (Å²) in [5, 5.41) is 11.0. The summed E-state index contributed by atoms with van der Waals surface area (Å²) in [6, 6.07) is 7.05. The topological polar surface area (TPSA) is 100 Å². The second-order valence-corrected chi connectivity index (χ2v) is 12.0. The minimum Gasteiger partial charge on any atom is -0.457 e.